The molecule has 8 atom stereocenters. The van der Waals surface area contributed by atoms with Gasteiger partial charge in [-0.05, 0) is 128 Å². The summed E-state index contributed by atoms with van der Waals surface area (Å²) in [7, 11) is -4.97. The molecule has 0 N–H and O–H groups in total. The molecule has 2 unspecified atom stereocenters. The SMILES string of the molecule is C[C@H](CCS(=O)(=O)c1ccccc1)[C@H]1CC[C@H]2[C@@H]3CC=C4CC(O[Si](C)(C)C(C)(C)C)CC[C@]4(C)C3CC[C@]12C. The van der Waals surface area contributed by atoms with Gasteiger partial charge in [0.05, 0.1) is 10.6 Å². The Morgan fingerprint density at radius 1 is 1.00 bits per heavy atom. The number of hydrogen-bond donors (Lipinski definition) is 0. The number of allylic oxidation sites excluding steroid dienone is 1. The van der Waals surface area contributed by atoms with Crippen molar-refractivity contribution in [3.8, 4) is 0 Å². The summed E-state index contributed by atoms with van der Waals surface area (Å²) in [5, 5.41) is 0.259. The Labute approximate surface area is 247 Å². The van der Waals surface area contributed by atoms with Gasteiger partial charge in [-0.15, -0.1) is 0 Å². The van der Waals surface area contributed by atoms with Crippen molar-refractivity contribution >= 4 is 18.2 Å². The predicted molar refractivity (Wildman–Crippen MR) is 170 cm³/mol. The molecule has 5 heteroatoms. The second kappa shape index (κ2) is 10.7. The van der Waals surface area contributed by atoms with Gasteiger partial charge in [0.15, 0.2) is 18.2 Å². The van der Waals surface area contributed by atoms with Crippen LogP contribution in [0.15, 0.2) is 46.9 Å². The van der Waals surface area contributed by atoms with Crippen molar-refractivity contribution in [2.45, 2.75) is 128 Å². The van der Waals surface area contributed by atoms with Crippen molar-refractivity contribution in [1.29, 1.82) is 0 Å². The maximum atomic E-state index is 13.0. The molecule has 0 saturated heterocycles. The Morgan fingerprint density at radius 3 is 2.38 bits per heavy atom. The van der Waals surface area contributed by atoms with Gasteiger partial charge in [-0.25, -0.2) is 8.42 Å². The highest BCUT2D eigenvalue weighted by Gasteiger charge is 2.59. The van der Waals surface area contributed by atoms with E-state index in [4.69, 9.17) is 4.43 Å². The lowest BCUT2D eigenvalue weighted by Crippen LogP contribution is -2.52. The molecule has 0 aliphatic heterocycles. The van der Waals surface area contributed by atoms with Gasteiger partial charge in [-0.3, -0.25) is 0 Å². The van der Waals surface area contributed by atoms with Crippen LogP contribution in [0.5, 0.6) is 0 Å². The van der Waals surface area contributed by atoms with E-state index in [0.717, 1.165) is 30.6 Å². The Hall–Kier alpha value is -0.913. The summed E-state index contributed by atoms with van der Waals surface area (Å²) < 4.78 is 32.9. The van der Waals surface area contributed by atoms with Gasteiger partial charge in [0, 0.05) is 6.10 Å². The maximum Gasteiger partial charge on any atom is 0.192 e. The fourth-order valence-electron chi connectivity index (χ4n) is 9.58. The van der Waals surface area contributed by atoms with Crippen LogP contribution in [0.3, 0.4) is 0 Å². The maximum absolute atomic E-state index is 13.0. The number of hydrogen-bond acceptors (Lipinski definition) is 3. The summed E-state index contributed by atoms with van der Waals surface area (Å²) in [5.41, 5.74) is 2.40. The summed E-state index contributed by atoms with van der Waals surface area (Å²) in [6.07, 6.45) is 14.0. The van der Waals surface area contributed by atoms with Crippen LogP contribution in [-0.2, 0) is 14.3 Å². The first-order chi connectivity index (χ1) is 18.6. The second-order valence-electron chi connectivity index (χ2n) is 16.1. The van der Waals surface area contributed by atoms with Gasteiger partial charge in [-0.1, -0.05) is 71.4 Å². The lowest BCUT2D eigenvalue weighted by Gasteiger charge is -2.59. The highest BCUT2D eigenvalue weighted by atomic mass is 32.2. The third-order valence-corrected chi connectivity index (χ3v) is 19.3. The Kier molecular flexibility index (Phi) is 8.14. The smallest absolute Gasteiger partial charge is 0.192 e. The summed E-state index contributed by atoms with van der Waals surface area (Å²) in [6.45, 7) is 19.4. The first-order valence-corrected chi connectivity index (χ1v) is 20.8. The third kappa shape index (κ3) is 5.34. The van der Waals surface area contributed by atoms with Crippen LogP contribution < -0.4 is 0 Å². The van der Waals surface area contributed by atoms with E-state index < -0.39 is 18.2 Å². The highest BCUT2D eigenvalue weighted by Crippen LogP contribution is 2.67. The van der Waals surface area contributed by atoms with Gasteiger partial charge in [0.1, 0.15) is 0 Å². The van der Waals surface area contributed by atoms with Crippen molar-refractivity contribution in [2.24, 2.45) is 40.4 Å². The molecule has 3 nitrogen and oxygen atoms in total. The Balaban J connectivity index is 1.26. The van der Waals surface area contributed by atoms with E-state index in [-0.39, 0.29) is 10.8 Å². The lowest BCUT2D eigenvalue weighted by atomic mass is 9.47. The van der Waals surface area contributed by atoms with E-state index in [9.17, 15) is 8.42 Å². The minimum atomic E-state index is -3.21. The fourth-order valence-corrected chi connectivity index (χ4v) is 12.5. The molecule has 4 aliphatic rings. The molecule has 3 saturated carbocycles. The molecule has 40 heavy (non-hydrogen) atoms. The van der Waals surface area contributed by atoms with Crippen molar-refractivity contribution in [3.05, 3.63) is 42.0 Å². The van der Waals surface area contributed by atoms with Gasteiger partial charge in [-0.2, -0.15) is 0 Å². The van der Waals surface area contributed by atoms with Crippen molar-refractivity contribution in [3.63, 3.8) is 0 Å². The lowest BCUT2D eigenvalue weighted by molar-refractivity contribution is -0.0560. The quantitative estimate of drug-likeness (QED) is 0.237. The topological polar surface area (TPSA) is 43.4 Å². The Bertz CT molecular complexity index is 1200. The van der Waals surface area contributed by atoms with Gasteiger partial charge in [0.25, 0.3) is 0 Å². The van der Waals surface area contributed by atoms with Crippen LogP contribution in [0.2, 0.25) is 18.1 Å². The molecule has 1 aromatic rings. The minimum absolute atomic E-state index is 0.259. The van der Waals surface area contributed by atoms with Crippen molar-refractivity contribution in [2.75, 3.05) is 5.75 Å². The molecular weight excluding hydrogens is 529 g/mol. The van der Waals surface area contributed by atoms with E-state index in [0.29, 0.717) is 33.7 Å². The molecule has 0 amide bonds. The molecule has 0 heterocycles. The number of fused-ring (bicyclic) bond motifs is 5. The van der Waals surface area contributed by atoms with E-state index in [2.05, 4.69) is 60.7 Å². The largest absolute Gasteiger partial charge is 0.414 e. The van der Waals surface area contributed by atoms with Crippen molar-refractivity contribution < 1.29 is 12.8 Å². The van der Waals surface area contributed by atoms with Crippen LogP contribution in [0.4, 0.5) is 0 Å². The molecule has 4 aliphatic carbocycles. The molecule has 0 radical (unpaired) electrons. The molecule has 3 fully saturated rings. The number of rotatable bonds is 7. The fraction of sp³-hybridized carbons (Fsp3) is 0.771. The molecule has 224 valence electrons. The normalized spacial score (nSPS) is 37.2. The van der Waals surface area contributed by atoms with E-state index in [1.54, 1.807) is 17.7 Å². The molecule has 1 aromatic carbocycles. The number of benzene rings is 1. The van der Waals surface area contributed by atoms with Gasteiger partial charge >= 0.3 is 0 Å². The zero-order valence-electron chi connectivity index (χ0n) is 26.6. The summed E-state index contributed by atoms with van der Waals surface area (Å²) in [5.74, 6) is 3.71. The predicted octanol–water partition coefficient (Wildman–Crippen LogP) is 9.46. The number of sulfone groups is 1. The average molecular weight is 585 g/mol. The van der Waals surface area contributed by atoms with Crippen molar-refractivity contribution in [1.82, 2.24) is 0 Å². The minimum Gasteiger partial charge on any atom is -0.414 e. The molecular formula is C35H56O3SSi. The zero-order valence-corrected chi connectivity index (χ0v) is 28.4. The van der Waals surface area contributed by atoms with Gasteiger partial charge in [0.2, 0.25) is 0 Å². The van der Waals surface area contributed by atoms with E-state index in [1.165, 1.54) is 44.9 Å². The monoisotopic (exact) mass is 584 g/mol. The van der Waals surface area contributed by atoms with Crippen LogP contribution in [-0.4, -0.2) is 28.6 Å². The molecule has 0 bridgehead atoms. The van der Waals surface area contributed by atoms with Crippen LogP contribution >= 0.6 is 0 Å². The van der Waals surface area contributed by atoms with E-state index >= 15 is 0 Å². The molecule has 5 rings (SSSR count). The van der Waals surface area contributed by atoms with E-state index in [1.807, 2.05) is 18.2 Å². The zero-order chi connectivity index (χ0) is 29.1. The van der Waals surface area contributed by atoms with Crippen LogP contribution in [0, 0.1) is 40.4 Å². The van der Waals surface area contributed by atoms with Gasteiger partial charge < -0.3 is 4.43 Å². The average Bonchev–Trinajstić information content (AvgIpc) is 3.24. The molecule has 0 spiro atoms. The summed E-state index contributed by atoms with van der Waals surface area (Å²) >= 11 is 0. The summed E-state index contributed by atoms with van der Waals surface area (Å²) in [4.78, 5) is 0.473. The Morgan fingerprint density at radius 2 is 1.70 bits per heavy atom. The standard InChI is InChI=1S/C35H56O3SSi/c1-25(20-23-39(36,37)28-12-10-9-11-13-28)30-16-17-31-29-15-14-26-24-27(38-40(7,8)33(2,3)4)18-21-34(26,5)32(29)19-22-35(30,31)6/h9-14,25,27,29-32H,15-24H2,1-8H3/t25-,27?,29+,30-,31+,32?,34+,35-/m1/s1. The van der Waals surface area contributed by atoms with Crippen LogP contribution in [0.25, 0.3) is 0 Å². The second-order valence-corrected chi connectivity index (χ2v) is 23.0. The summed E-state index contributed by atoms with van der Waals surface area (Å²) in [6, 6.07) is 9.03. The third-order valence-electron chi connectivity index (χ3n) is 13.0. The highest BCUT2D eigenvalue weighted by molar-refractivity contribution is 7.91. The first-order valence-electron chi connectivity index (χ1n) is 16.2. The van der Waals surface area contributed by atoms with Crippen LogP contribution in [0.1, 0.15) is 99.3 Å². The first kappa shape index (κ1) is 30.5. The molecule has 0 aromatic heterocycles.